The summed E-state index contributed by atoms with van der Waals surface area (Å²) in [5.41, 5.74) is 0. The van der Waals surface area contributed by atoms with Gasteiger partial charge in [0.2, 0.25) is 0 Å². The number of hydrogen-bond acceptors (Lipinski definition) is 2. The van der Waals surface area contributed by atoms with E-state index in [0.29, 0.717) is 13.0 Å². The van der Waals surface area contributed by atoms with Gasteiger partial charge in [0.25, 0.3) is 0 Å². The SMILES string of the molecule is FC(F)(F)C(F)(F)C(F)(F)CCCOC1CCCCO1. The maximum atomic E-state index is 12.9. The summed E-state index contributed by atoms with van der Waals surface area (Å²) in [6.45, 7) is 0.0984. The van der Waals surface area contributed by atoms with Gasteiger partial charge in [0.15, 0.2) is 6.29 Å². The average molecular weight is 312 g/mol. The zero-order valence-corrected chi connectivity index (χ0v) is 10.5. The van der Waals surface area contributed by atoms with E-state index in [-0.39, 0.29) is 6.61 Å². The zero-order valence-electron chi connectivity index (χ0n) is 10.5. The Hall–Kier alpha value is -0.570. The molecule has 2 nitrogen and oxygen atoms in total. The summed E-state index contributed by atoms with van der Waals surface area (Å²) in [5.74, 6) is -11.2. The first-order valence-corrected chi connectivity index (χ1v) is 6.13. The highest BCUT2D eigenvalue weighted by molar-refractivity contribution is 4.90. The van der Waals surface area contributed by atoms with Crippen LogP contribution in [0.2, 0.25) is 0 Å². The van der Waals surface area contributed by atoms with Gasteiger partial charge < -0.3 is 9.47 Å². The van der Waals surface area contributed by atoms with Crippen molar-refractivity contribution in [2.45, 2.75) is 56.4 Å². The fraction of sp³-hybridized carbons (Fsp3) is 1.00. The predicted octanol–water partition coefficient (Wildman–Crippen LogP) is 4.14. The van der Waals surface area contributed by atoms with Crippen LogP contribution in [0.15, 0.2) is 0 Å². The third-order valence-corrected chi connectivity index (χ3v) is 2.89. The molecule has 0 bridgehead atoms. The summed E-state index contributed by atoms with van der Waals surface area (Å²) in [7, 11) is 0. The molecule has 20 heavy (non-hydrogen) atoms. The zero-order chi connectivity index (χ0) is 15.4. The fourth-order valence-corrected chi connectivity index (χ4v) is 1.72. The van der Waals surface area contributed by atoms with Crippen molar-refractivity contribution in [3.8, 4) is 0 Å². The fourth-order valence-electron chi connectivity index (χ4n) is 1.72. The largest absolute Gasteiger partial charge is 0.459 e. The van der Waals surface area contributed by atoms with Crippen LogP contribution in [0.1, 0.15) is 32.1 Å². The Bertz CT molecular complexity index is 298. The summed E-state index contributed by atoms with van der Waals surface area (Å²) in [6.07, 6.45) is -6.87. The Kier molecular flexibility index (Phi) is 5.65. The molecule has 0 aliphatic carbocycles. The van der Waals surface area contributed by atoms with Gasteiger partial charge in [-0.1, -0.05) is 0 Å². The molecule has 0 aromatic heterocycles. The lowest BCUT2D eigenvalue weighted by Gasteiger charge is -2.28. The van der Waals surface area contributed by atoms with Gasteiger partial charge in [0, 0.05) is 19.6 Å². The van der Waals surface area contributed by atoms with E-state index in [4.69, 9.17) is 9.47 Å². The topological polar surface area (TPSA) is 18.5 Å². The summed E-state index contributed by atoms with van der Waals surface area (Å²) in [6, 6.07) is 0. The van der Waals surface area contributed by atoms with Crippen molar-refractivity contribution >= 4 is 0 Å². The summed E-state index contributed by atoms with van der Waals surface area (Å²) >= 11 is 0. The first-order valence-electron chi connectivity index (χ1n) is 6.13. The van der Waals surface area contributed by atoms with Crippen molar-refractivity contribution in [2.24, 2.45) is 0 Å². The van der Waals surface area contributed by atoms with Crippen LogP contribution >= 0.6 is 0 Å². The third kappa shape index (κ3) is 4.21. The maximum Gasteiger partial charge on any atom is 0.459 e. The van der Waals surface area contributed by atoms with E-state index in [0.717, 1.165) is 12.8 Å². The molecule has 1 atom stereocenters. The van der Waals surface area contributed by atoms with Gasteiger partial charge in [0.05, 0.1) is 0 Å². The molecule has 120 valence electrons. The first kappa shape index (κ1) is 17.5. The molecular weight excluding hydrogens is 297 g/mol. The summed E-state index contributed by atoms with van der Waals surface area (Å²) in [4.78, 5) is 0. The lowest BCUT2D eigenvalue weighted by Crippen LogP contribution is -2.51. The number of rotatable bonds is 6. The van der Waals surface area contributed by atoms with Crippen molar-refractivity contribution in [1.29, 1.82) is 0 Å². The molecule has 1 heterocycles. The summed E-state index contributed by atoms with van der Waals surface area (Å²) < 4.78 is 96.5. The third-order valence-electron chi connectivity index (χ3n) is 2.89. The minimum absolute atomic E-state index is 0.353. The Labute approximate surface area is 111 Å². The van der Waals surface area contributed by atoms with E-state index in [9.17, 15) is 30.7 Å². The smallest absolute Gasteiger partial charge is 0.353 e. The maximum absolute atomic E-state index is 12.9. The van der Waals surface area contributed by atoms with Gasteiger partial charge >= 0.3 is 18.0 Å². The van der Waals surface area contributed by atoms with E-state index in [1.54, 1.807) is 0 Å². The highest BCUT2D eigenvalue weighted by atomic mass is 19.4. The lowest BCUT2D eigenvalue weighted by molar-refractivity contribution is -0.356. The second-order valence-corrected chi connectivity index (χ2v) is 4.55. The minimum atomic E-state index is -6.27. The van der Waals surface area contributed by atoms with Crippen LogP contribution in [0.3, 0.4) is 0 Å². The quantitative estimate of drug-likeness (QED) is 0.542. The van der Waals surface area contributed by atoms with Crippen LogP contribution in [0, 0.1) is 0 Å². The van der Waals surface area contributed by atoms with E-state index in [2.05, 4.69) is 0 Å². The number of ether oxygens (including phenoxy) is 2. The van der Waals surface area contributed by atoms with Gasteiger partial charge in [0.1, 0.15) is 0 Å². The van der Waals surface area contributed by atoms with Crippen LogP contribution in [-0.4, -0.2) is 37.5 Å². The Morgan fingerprint density at radius 2 is 1.65 bits per heavy atom. The molecule has 0 N–H and O–H groups in total. The number of alkyl halides is 7. The van der Waals surface area contributed by atoms with Crippen molar-refractivity contribution in [2.75, 3.05) is 13.2 Å². The molecule has 0 aromatic rings. The highest BCUT2D eigenvalue weighted by Gasteiger charge is 2.72. The molecule has 1 unspecified atom stereocenters. The molecule has 1 aliphatic rings. The van der Waals surface area contributed by atoms with E-state index in [1.807, 2.05) is 0 Å². The van der Waals surface area contributed by atoms with Crippen molar-refractivity contribution in [3.63, 3.8) is 0 Å². The molecule has 1 aliphatic heterocycles. The van der Waals surface area contributed by atoms with Gasteiger partial charge in [-0.15, -0.1) is 0 Å². The van der Waals surface area contributed by atoms with Gasteiger partial charge in [-0.25, -0.2) is 0 Å². The first-order chi connectivity index (χ1) is 9.08. The molecule has 0 radical (unpaired) electrons. The van der Waals surface area contributed by atoms with Gasteiger partial charge in [-0.2, -0.15) is 30.7 Å². The number of halogens is 7. The molecule has 0 aromatic carbocycles. The molecule has 0 spiro atoms. The van der Waals surface area contributed by atoms with Crippen molar-refractivity contribution in [1.82, 2.24) is 0 Å². The summed E-state index contributed by atoms with van der Waals surface area (Å²) in [5, 5.41) is 0. The molecule has 1 fully saturated rings. The standard InChI is InChI=1S/C11H15F7O2/c12-9(13,10(14,15)11(16,17)18)5-3-7-20-8-4-1-2-6-19-8/h8H,1-7H2. The van der Waals surface area contributed by atoms with E-state index < -0.39 is 37.2 Å². The van der Waals surface area contributed by atoms with E-state index in [1.165, 1.54) is 0 Å². The normalized spacial score (nSPS) is 22.1. The molecule has 0 amide bonds. The van der Waals surface area contributed by atoms with Crippen LogP contribution in [0.5, 0.6) is 0 Å². The minimum Gasteiger partial charge on any atom is -0.353 e. The van der Waals surface area contributed by atoms with Crippen molar-refractivity contribution in [3.05, 3.63) is 0 Å². The predicted molar refractivity (Wildman–Crippen MR) is 54.7 cm³/mol. The lowest BCUT2D eigenvalue weighted by atomic mass is 10.1. The number of hydrogen-bond donors (Lipinski definition) is 0. The van der Waals surface area contributed by atoms with Gasteiger partial charge in [-0.05, 0) is 25.7 Å². The Morgan fingerprint density at radius 3 is 2.15 bits per heavy atom. The monoisotopic (exact) mass is 312 g/mol. The highest BCUT2D eigenvalue weighted by Crippen LogP contribution is 2.48. The van der Waals surface area contributed by atoms with Gasteiger partial charge in [-0.3, -0.25) is 0 Å². The molecule has 9 heteroatoms. The van der Waals surface area contributed by atoms with E-state index >= 15 is 0 Å². The second kappa shape index (κ2) is 6.46. The Morgan fingerprint density at radius 1 is 1.00 bits per heavy atom. The Balaban J connectivity index is 2.35. The molecule has 1 rings (SSSR count). The van der Waals surface area contributed by atoms with Crippen LogP contribution in [0.25, 0.3) is 0 Å². The van der Waals surface area contributed by atoms with Crippen LogP contribution in [0.4, 0.5) is 30.7 Å². The van der Waals surface area contributed by atoms with Crippen LogP contribution in [-0.2, 0) is 9.47 Å². The molecule has 1 saturated heterocycles. The molecular formula is C11H15F7O2. The molecule has 0 saturated carbocycles. The average Bonchev–Trinajstić information content (AvgIpc) is 2.34. The van der Waals surface area contributed by atoms with Crippen molar-refractivity contribution < 1.29 is 40.2 Å². The second-order valence-electron chi connectivity index (χ2n) is 4.55. The van der Waals surface area contributed by atoms with Crippen LogP contribution < -0.4 is 0 Å².